The highest BCUT2D eigenvalue weighted by Gasteiger charge is 2.33. The number of amides is 2. The Labute approximate surface area is 157 Å². The van der Waals surface area contributed by atoms with E-state index < -0.39 is 6.36 Å². The van der Waals surface area contributed by atoms with Crippen molar-refractivity contribution in [1.82, 2.24) is 19.5 Å². The molecule has 0 spiro atoms. The van der Waals surface area contributed by atoms with Gasteiger partial charge in [-0.05, 0) is 54.8 Å². The van der Waals surface area contributed by atoms with E-state index in [1.54, 1.807) is 15.6 Å². The first-order valence-corrected chi connectivity index (χ1v) is 8.59. The van der Waals surface area contributed by atoms with Gasteiger partial charge >= 0.3 is 12.4 Å². The number of benzene rings is 1. The number of fused-ring (bicyclic) bond motifs is 1. The molecule has 1 fully saturated rings. The molecule has 0 atom stereocenters. The van der Waals surface area contributed by atoms with Crippen LogP contribution in [0.1, 0.15) is 18.4 Å². The molecule has 4 rings (SSSR count). The van der Waals surface area contributed by atoms with Crippen molar-refractivity contribution in [3.63, 3.8) is 0 Å². The Hall–Kier alpha value is -3.30. The van der Waals surface area contributed by atoms with Gasteiger partial charge < -0.3 is 15.0 Å². The molecule has 0 aliphatic heterocycles. The number of hydrogen-bond donors (Lipinski definition) is 1. The zero-order valence-corrected chi connectivity index (χ0v) is 14.6. The Morgan fingerprint density at radius 2 is 2.00 bits per heavy atom. The number of aromatic nitrogens is 3. The quantitative estimate of drug-likeness (QED) is 0.718. The third kappa shape index (κ3) is 4.33. The number of halogens is 3. The van der Waals surface area contributed by atoms with Crippen LogP contribution in [0.4, 0.5) is 23.7 Å². The fraction of sp³-hybridized carbons (Fsp3) is 0.278. The predicted molar refractivity (Wildman–Crippen MR) is 93.7 cm³/mol. The third-order valence-corrected chi connectivity index (χ3v) is 4.29. The van der Waals surface area contributed by atoms with E-state index >= 15 is 0 Å². The van der Waals surface area contributed by atoms with Crippen molar-refractivity contribution in [2.75, 3.05) is 5.32 Å². The van der Waals surface area contributed by atoms with Gasteiger partial charge in [0.2, 0.25) is 0 Å². The summed E-state index contributed by atoms with van der Waals surface area (Å²) in [6.07, 6.45) is 0.313. The second-order valence-corrected chi connectivity index (χ2v) is 6.46. The number of pyridine rings is 1. The lowest BCUT2D eigenvalue weighted by atomic mass is 10.2. The molecule has 3 aromatic rings. The summed E-state index contributed by atoms with van der Waals surface area (Å²) >= 11 is 0. The normalized spacial score (nSPS) is 14.1. The summed E-state index contributed by atoms with van der Waals surface area (Å²) in [7, 11) is 0. The molecule has 2 aromatic heterocycles. The number of urea groups is 1. The van der Waals surface area contributed by atoms with Crippen LogP contribution in [0.5, 0.6) is 5.75 Å². The highest BCUT2D eigenvalue weighted by molar-refractivity contribution is 5.89. The van der Waals surface area contributed by atoms with Crippen LogP contribution in [0.2, 0.25) is 0 Å². The molecule has 2 amide bonds. The van der Waals surface area contributed by atoms with Gasteiger partial charge in [-0.3, -0.25) is 0 Å². The van der Waals surface area contributed by atoms with E-state index in [-0.39, 0.29) is 17.8 Å². The van der Waals surface area contributed by atoms with Gasteiger partial charge in [-0.25, -0.2) is 14.3 Å². The number of anilines is 1. The average Bonchev–Trinajstić information content (AvgIpc) is 3.37. The van der Waals surface area contributed by atoms with Crippen molar-refractivity contribution < 1.29 is 22.7 Å². The molecule has 0 radical (unpaired) electrons. The maximum absolute atomic E-state index is 12.7. The van der Waals surface area contributed by atoms with Crippen LogP contribution >= 0.6 is 0 Å². The van der Waals surface area contributed by atoms with Gasteiger partial charge in [0.25, 0.3) is 0 Å². The maximum Gasteiger partial charge on any atom is 0.573 e. The summed E-state index contributed by atoms with van der Waals surface area (Å²) in [6, 6.07) is 8.61. The largest absolute Gasteiger partial charge is 0.573 e. The number of nitrogens with zero attached hydrogens (tertiary/aromatic N) is 4. The van der Waals surface area contributed by atoms with E-state index in [0.717, 1.165) is 30.5 Å². The lowest BCUT2D eigenvalue weighted by Gasteiger charge is -2.23. The maximum atomic E-state index is 12.7. The minimum absolute atomic E-state index is 0.141. The lowest BCUT2D eigenvalue weighted by Crippen LogP contribution is -2.36. The van der Waals surface area contributed by atoms with E-state index in [4.69, 9.17) is 0 Å². The van der Waals surface area contributed by atoms with Crippen molar-refractivity contribution in [3.05, 3.63) is 54.5 Å². The monoisotopic (exact) mass is 391 g/mol. The van der Waals surface area contributed by atoms with E-state index in [1.807, 2.05) is 12.1 Å². The molecule has 1 N–H and O–H groups in total. The van der Waals surface area contributed by atoms with Crippen molar-refractivity contribution in [2.24, 2.45) is 0 Å². The molecule has 10 heteroatoms. The number of ether oxygens (including phenoxy) is 1. The number of alkyl halides is 3. The predicted octanol–water partition coefficient (Wildman–Crippen LogP) is 3.82. The molecule has 146 valence electrons. The topological polar surface area (TPSA) is 71.8 Å². The fourth-order valence-electron chi connectivity index (χ4n) is 2.84. The van der Waals surface area contributed by atoms with Crippen molar-refractivity contribution in [1.29, 1.82) is 0 Å². The Balaban J connectivity index is 1.43. The summed E-state index contributed by atoms with van der Waals surface area (Å²) in [5.74, 6) is -0.342. The average molecular weight is 391 g/mol. The Morgan fingerprint density at radius 1 is 1.25 bits per heavy atom. The molecule has 1 aliphatic rings. The first-order chi connectivity index (χ1) is 13.4. The zero-order chi connectivity index (χ0) is 19.7. The minimum atomic E-state index is -4.75. The molecule has 0 saturated heterocycles. The van der Waals surface area contributed by atoms with Crippen molar-refractivity contribution in [2.45, 2.75) is 31.8 Å². The van der Waals surface area contributed by atoms with Gasteiger partial charge in [-0.15, -0.1) is 13.2 Å². The zero-order valence-electron chi connectivity index (χ0n) is 14.6. The first-order valence-electron chi connectivity index (χ1n) is 8.59. The molecule has 1 saturated carbocycles. The van der Waals surface area contributed by atoms with Gasteiger partial charge in [-0.1, -0.05) is 0 Å². The van der Waals surface area contributed by atoms with Gasteiger partial charge in [0.15, 0.2) is 5.65 Å². The molecule has 1 aliphatic carbocycles. The number of carbonyl (C=O) groups excluding carboxylic acids is 1. The molecular formula is C18H16F3N5O2. The van der Waals surface area contributed by atoms with Crippen LogP contribution in [0.25, 0.3) is 5.65 Å². The van der Waals surface area contributed by atoms with Gasteiger partial charge in [0.05, 0.1) is 0 Å². The highest BCUT2D eigenvalue weighted by Crippen LogP contribution is 2.30. The van der Waals surface area contributed by atoms with E-state index in [9.17, 15) is 18.0 Å². The Morgan fingerprint density at radius 3 is 2.68 bits per heavy atom. The van der Waals surface area contributed by atoms with E-state index in [2.05, 4.69) is 20.1 Å². The number of hydrogen-bond acceptors (Lipinski definition) is 4. The molecule has 2 heterocycles. The van der Waals surface area contributed by atoms with E-state index in [1.165, 1.54) is 18.5 Å². The van der Waals surface area contributed by atoms with Crippen LogP contribution in [-0.2, 0) is 6.54 Å². The smallest absolute Gasteiger partial charge is 0.406 e. The number of carbonyl (C=O) groups is 1. The van der Waals surface area contributed by atoms with Gasteiger partial charge in [0.1, 0.15) is 12.1 Å². The fourth-order valence-corrected chi connectivity index (χ4v) is 2.84. The van der Waals surface area contributed by atoms with Crippen LogP contribution in [-0.4, -0.2) is 37.9 Å². The molecular weight excluding hydrogens is 375 g/mol. The Bertz CT molecular complexity index is 983. The highest BCUT2D eigenvalue weighted by atomic mass is 19.4. The molecule has 0 bridgehead atoms. The molecule has 1 aromatic carbocycles. The number of nitrogens with one attached hydrogen (secondary N) is 1. The van der Waals surface area contributed by atoms with Crippen LogP contribution in [0.15, 0.2) is 48.9 Å². The number of rotatable bonds is 5. The summed E-state index contributed by atoms with van der Waals surface area (Å²) < 4.78 is 42.1. The Kier molecular flexibility index (Phi) is 4.54. The summed E-state index contributed by atoms with van der Waals surface area (Å²) in [5, 5.41) is 6.76. The molecule has 7 nitrogen and oxygen atoms in total. The standard InChI is InChI=1S/C18H16F3N5O2/c19-18(20,21)28-15-5-1-13(2-6-15)24-17(27)25(14-3-4-14)10-12-7-8-26-16(9-12)22-11-23-26/h1-2,5-9,11,14H,3-4,10H2,(H,24,27). The minimum Gasteiger partial charge on any atom is -0.406 e. The molecule has 28 heavy (non-hydrogen) atoms. The van der Waals surface area contributed by atoms with Crippen molar-refractivity contribution >= 4 is 17.4 Å². The van der Waals surface area contributed by atoms with Gasteiger partial charge in [-0.2, -0.15) is 5.10 Å². The van der Waals surface area contributed by atoms with E-state index in [0.29, 0.717) is 17.9 Å². The van der Waals surface area contributed by atoms with Crippen LogP contribution in [0, 0.1) is 0 Å². The third-order valence-electron chi connectivity index (χ3n) is 4.29. The SMILES string of the molecule is O=C(Nc1ccc(OC(F)(F)F)cc1)N(Cc1ccn2ncnc2c1)C1CC1. The summed E-state index contributed by atoms with van der Waals surface area (Å²) in [5.41, 5.74) is 1.99. The summed E-state index contributed by atoms with van der Waals surface area (Å²) in [4.78, 5) is 18.5. The van der Waals surface area contributed by atoms with Gasteiger partial charge in [0, 0.05) is 24.5 Å². The summed E-state index contributed by atoms with van der Waals surface area (Å²) in [6.45, 7) is 0.398. The second kappa shape index (κ2) is 7.02. The van der Waals surface area contributed by atoms with Crippen LogP contribution in [0.3, 0.4) is 0 Å². The van der Waals surface area contributed by atoms with Crippen molar-refractivity contribution in [3.8, 4) is 5.75 Å². The first kappa shape index (κ1) is 18.1. The lowest BCUT2D eigenvalue weighted by molar-refractivity contribution is -0.274. The van der Waals surface area contributed by atoms with Crippen LogP contribution < -0.4 is 10.1 Å². The molecule has 0 unspecified atom stereocenters. The second-order valence-electron chi connectivity index (χ2n) is 6.46.